The number of nitrogens with one attached hydrogen (secondary N) is 3. The molecule has 2 aliphatic heterocycles. The van der Waals surface area contributed by atoms with E-state index >= 15 is 4.39 Å². The Bertz CT molecular complexity index is 1460. The Hall–Kier alpha value is -3.43. The molecule has 7 nitrogen and oxygen atoms in total. The minimum Gasteiger partial charge on any atom is -0.495 e. The van der Waals surface area contributed by atoms with Crippen LogP contribution in [0.15, 0.2) is 36.4 Å². The second-order valence-corrected chi connectivity index (χ2v) is 10.1. The zero-order valence-electron chi connectivity index (χ0n) is 19.6. The van der Waals surface area contributed by atoms with Crippen molar-refractivity contribution in [1.82, 2.24) is 15.6 Å². The van der Waals surface area contributed by atoms with Gasteiger partial charge in [-0.15, -0.1) is 11.3 Å². The van der Waals surface area contributed by atoms with E-state index < -0.39 is 0 Å². The zero-order chi connectivity index (χ0) is 24.1. The maximum atomic E-state index is 15.4. The van der Waals surface area contributed by atoms with Gasteiger partial charge in [0.25, 0.3) is 5.91 Å². The summed E-state index contributed by atoms with van der Waals surface area (Å²) in [5.74, 6) is 0.243. The third-order valence-corrected chi connectivity index (χ3v) is 7.85. The van der Waals surface area contributed by atoms with Crippen LogP contribution < -0.4 is 25.6 Å². The van der Waals surface area contributed by atoms with Crippen molar-refractivity contribution >= 4 is 49.6 Å². The normalized spacial score (nSPS) is 18.2. The van der Waals surface area contributed by atoms with E-state index in [2.05, 4.69) is 20.9 Å². The second kappa shape index (κ2) is 8.66. The molecule has 2 aromatic carbocycles. The molecule has 2 aromatic heterocycles. The number of halogens is 1. The highest BCUT2D eigenvalue weighted by Crippen LogP contribution is 2.42. The van der Waals surface area contributed by atoms with Crippen molar-refractivity contribution in [2.24, 2.45) is 0 Å². The number of pyridine rings is 1. The number of carbonyl (C=O) groups excluding carboxylic acids is 1. The Balaban J connectivity index is 1.45. The van der Waals surface area contributed by atoms with Gasteiger partial charge in [0, 0.05) is 65.9 Å². The van der Waals surface area contributed by atoms with Gasteiger partial charge in [-0.25, -0.2) is 9.37 Å². The number of ether oxygens (including phenoxy) is 1. The van der Waals surface area contributed by atoms with Crippen molar-refractivity contribution in [3.05, 3.63) is 47.1 Å². The Morgan fingerprint density at radius 2 is 2.00 bits per heavy atom. The molecule has 180 valence electrons. The monoisotopic (exact) mass is 491 g/mol. The lowest BCUT2D eigenvalue weighted by molar-refractivity contribution is 0.0949. The average Bonchev–Trinajstić information content (AvgIpc) is 3.20. The van der Waals surface area contributed by atoms with Crippen LogP contribution in [0.5, 0.6) is 5.75 Å². The van der Waals surface area contributed by atoms with Gasteiger partial charge < -0.3 is 25.6 Å². The molecule has 1 unspecified atom stereocenters. The second-order valence-electron chi connectivity index (χ2n) is 9.00. The van der Waals surface area contributed by atoms with Crippen molar-refractivity contribution in [2.75, 3.05) is 50.1 Å². The molecule has 3 N–H and O–H groups in total. The topological polar surface area (TPSA) is 78.5 Å². The number of methoxy groups -OCH3 is 1. The fourth-order valence-corrected chi connectivity index (χ4v) is 6.03. The number of rotatable bonds is 3. The van der Waals surface area contributed by atoms with Gasteiger partial charge in [-0.05, 0) is 37.3 Å². The number of anilines is 2. The summed E-state index contributed by atoms with van der Waals surface area (Å²) in [5.41, 5.74) is 3.30. The fraction of sp³-hybridized carbons (Fsp3) is 0.308. The lowest BCUT2D eigenvalue weighted by Crippen LogP contribution is -2.43. The largest absolute Gasteiger partial charge is 0.495 e. The first-order chi connectivity index (χ1) is 17.0. The van der Waals surface area contributed by atoms with Crippen molar-refractivity contribution in [3.8, 4) is 17.0 Å². The highest BCUT2D eigenvalue weighted by atomic mass is 32.1. The molecule has 1 saturated heterocycles. The third kappa shape index (κ3) is 3.75. The van der Waals surface area contributed by atoms with E-state index in [-0.39, 0.29) is 17.8 Å². The van der Waals surface area contributed by atoms with E-state index in [0.29, 0.717) is 28.4 Å². The summed E-state index contributed by atoms with van der Waals surface area (Å²) in [6.45, 7) is 5.94. The molecule has 9 heteroatoms. The van der Waals surface area contributed by atoms with Gasteiger partial charge >= 0.3 is 0 Å². The van der Waals surface area contributed by atoms with Crippen LogP contribution in [0.3, 0.4) is 0 Å². The van der Waals surface area contributed by atoms with Crippen LogP contribution in [-0.4, -0.2) is 56.8 Å². The number of aromatic nitrogens is 1. The Labute approximate surface area is 206 Å². The van der Waals surface area contributed by atoms with Crippen molar-refractivity contribution < 1.29 is 13.9 Å². The highest BCUT2D eigenvalue weighted by molar-refractivity contribution is 7.21. The summed E-state index contributed by atoms with van der Waals surface area (Å²) >= 11 is 1.47. The van der Waals surface area contributed by atoms with Crippen molar-refractivity contribution in [2.45, 2.75) is 13.0 Å². The number of piperazine rings is 1. The van der Waals surface area contributed by atoms with E-state index in [4.69, 9.17) is 9.72 Å². The van der Waals surface area contributed by atoms with Gasteiger partial charge in [-0.3, -0.25) is 4.79 Å². The highest BCUT2D eigenvalue weighted by Gasteiger charge is 2.25. The predicted molar refractivity (Wildman–Crippen MR) is 140 cm³/mol. The van der Waals surface area contributed by atoms with Crippen molar-refractivity contribution in [1.29, 1.82) is 0 Å². The Morgan fingerprint density at radius 1 is 1.17 bits per heavy atom. The molecule has 4 aromatic rings. The number of amides is 1. The first-order valence-electron chi connectivity index (χ1n) is 11.8. The molecule has 4 heterocycles. The molecule has 1 amide bonds. The van der Waals surface area contributed by atoms with Crippen LogP contribution in [0.25, 0.3) is 32.2 Å². The Morgan fingerprint density at radius 3 is 2.80 bits per heavy atom. The predicted octanol–water partition coefficient (Wildman–Crippen LogP) is 4.22. The molecule has 0 saturated carbocycles. The van der Waals surface area contributed by atoms with Gasteiger partial charge in [-0.2, -0.15) is 0 Å². The van der Waals surface area contributed by atoms with Gasteiger partial charge in [-0.1, -0.05) is 0 Å². The summed E-state index contributed by atoms with van der Waals surface area (Å²) < 4.78 is 22.0. The molecular formula is C26H26FN5O2S. The number of hydrogen-bond acceptors (Lipinski definition) is 7. The lowest BCUT2D eigenvalue weighted by atomic mass is 10.0. The number of fused-ring (bicyclic) bond motifs is 5. The minimum absolute atomic E-state index is 0.0407. The van der Waals surface area contributed by atoms with Gasteiger partial charge in [0.1, 0.15) is 16.4 Å². The molecule has 6 rings (SSSR count). The summed E-state index contributed by atoms with van der Waals surface area (Å²) in [5, 5.41) is 11.7. The molecule has 0 radical (unpaired) electrons. The summed E-state index contributed by atoms with van der Waals surface area (Å²) in [6, 6.07) is 11.1. The van der Waals surface area contributed by atoms with Crippen LogP contribution in [0.2, 0.25) is 0 Å². The van der Waals surface area contributed by atoms with E-state index in [9.17, 15) is 4.79 Å². The quantitative estimate of drug-likeness (QED) is 0.398. The van der Waals surface area contributed by atoms with Gasteiger partial charge in [0.2, 0.25) is 0 Å². The van der Waals surface area contributed by atoms with E-state index in [0.717, 1.165) is 58.5 Å². The van der Waals surface area contributed by atoms with E-state index in [1.807, 2.05) is 31.2 Å². The van der Waals surface area contributed by atoms with Gasteiger partial charge in [0.05, 0.1) is 29.7 Å². The number of thiophene rings is 1. The molecule has 0 spiro atoms. The van der Waals surface area contributed by atoms with Crippen LogP contribution in [-0.2, 0) is 0 Å². The van der Waals surface area contributed by atoms with Crippen LogP contribution in [0.4, 0.5) is 15.8 Å². The summed E-state index contributed by atoms with van der Waals surface area (Å²) in [6.07, 6.45) is 0. The SMILES string of the molecule is COc1cc(-c2ccc3c(ccc4sc5c(c43)NCC(C)NC5=O)n2)c(F)cc1N1CCNCC1. The molecule has 0 bridgehead atoms. The van der Waals surface area contributed by atoms with E-state index in [1.54, 1.807) is 19.2 Å². The van der Waals surface area contributed by atoms with Crippen LogP contribution in [0, 0.1) is 5.82 Å². The van der Waals surface area contributed by atoms with Gasteiger partial charge in [0.15, 0.2) is 0 Å². The third-order valence-electron chi connectivity index (χ3n) is 6.69. The summed E-state index contributed by atoms with van der Waals surface area (Å²) in [4.78, 5) is 20.3. The molecule has 1 fully saturated rings. The molecular weight excluding hydrogens is 465 g/mol. The van der Waals surface area contributed by atoms with E-state index in [1.165, 1.54) is 11.3 Å². The number of nitrogens with zero attached hydrogens (tertiary/aromatic N) is 2. The molecule has 0 aliphatic carbocycles. The minimum atomic E-state index is -0.330. The summed E-state index contributed by atoms with van der Waals surface area (Å²) in [7, 11) is 1.61. The fourth-order valence-electron chi connectivity index (χ4n) is 4.93. The molecule has 2 aliphatic rings. The maximum absolute atomic E-state index is 15.4. The number of benzene rings is 2. The number of hydrogen-bond donors (Lipinski definition) is 3. The van der Waals surface area contributed by atoms with Crippen molar-refractivity contribution in [3.63, 3.8) is 0 Å². The van der Waals surface area contributed by atoms with Crippen LogP contribution >= 0.6 is 11.3 Å². The zero-order valence-corrected chi connectivity index (χ0v) is 20.4. The smallest absolute Gasteiger partial charge is 0.263 e. The number of carbonyl (C=O) groups is 1. The van der Waals surface area contributed by atoms with Crippen LogP contribution in [0.1, 0.15) is 16.6 Å². The lowest BCUT2D eigenvalue weighted by Gasteiger charge is -2.30. The molecule has 35 heavy (non-hydrogen) atoms. The average molecular weight is 492 g/mol. The standard InChI is InChI=1S/C26H26FN5O2S/c1-14-13-29-24-23-15-3-4-19(31-18(15)5-6-22(23)35-25(24)26(33)30-14)16-11-21(34-2)20(12-17(16)27)32-9-7-28-8-10-32/h3-6,11-12,14,28-29H,7-10,13H2,1-2H3,(H,30,33). The Kier molecular flexibility index (Phi) is 5.46. The first-order valence-corrected chi connectivity index (χ1v) is 12.6. The molecule has 1 atom stereocenters. The first kappa shape index (κ1) is 22.1. The maximum Gasteiger partial charge on any atom is 0.263 e.